The number of benzene rings is 2. The number of carbonyl (C=O) groups excluding carboxylic acids is 3. The average molecular weight is 697 g/mol. The quantitative estimate of drug-likeness (QED) is 0.280. The van der Waals surface area contributed by atoms with Gasteiger partial charge in [0, 0.05) is 4.47 Å². The van der Waals surface area contributed by atoms with Gasteiger partial charge in [0.05, 0.1) is 12.8 Å². The van der Waals surface area contributed by atoms with Crippen molar-refractivity contribution in [3.8, 4) is 5.75 Å². The minimum Gasteiger partial charge on any atom is -0.480 e. The highest BCUT2D eigenvalue weighted by Gasteiger charge is 2.36. The van der Waals surface area contributed by atoms with Crippen LogP contribution in [-0.4, -0.2) is 35.5 Å². The Kier molecular flexibility index (Phi) is 7.13. The summed E-state index contributed by atoms with van der Waals surface area (Å²) in [6, 6.07) is 8.98. The second kappa shape index (κ2) is 9.43. The van der Waals surface area contributed by atoms with E-state index < -0.39 is 30.4 Å². The first-order valence-corrected chi connectivity index (χ1v) is 11.1. The zero-order valence-corrected chi connectivity index (χ0v) is 20.7. The van der Waals surface area contributed by atoms with Crippen LogP contribution in [0.2, 0.25) is 0 Å². The average Bonchev–Trinajstić information content (AvgIpc) is 2.65. The Hall–Kier alpha value is -2.00. The lowest BCUT2D eigenvalue weighted by molar-refractivity contribution is -0.139. The largest absolute Gasteiger partial charge is 0.480 e. The van der Waals surface area contributed by atoms with Gasteiger partial charge in [-0.25, -0.2) is 14.5 Å². The molecule has 0 saturated carbocycles. The second-order valence-corrected chi connectivity index (χ2v) is 9.17. The van der Waals surface area contributed by atoms with Gasteiger partial charge < -0.3 is 9.84 Å². The molecule has 1 aliphatic heterocycles. The molecule has 1 saturated heterocycles. The summed E-state index contributed by atoms with van der Waals surface area (Å²) < 4.78 is 7.27. The molecular weight excluding hydrogens is 686 g/mol. The molecule has 0 unspecified atom stereocenters. The molecule has 154 valence electrons. The van der Waals surface area contributed by atoms with Crippen LogP contribution >= 0.6 is 61.1 Å². The van der Waals surface area contributed by atoms with Gasteiger partial charge in [0.25, 0.3) is 11.8 Å². The van der Waals surface area contributed by atoms with E-state index in [1.807, 2.05) is 45.2 Å². The van der Waals surface area contributed by atoms with E-state index in [9.17, 15) is 19.2 Å². The number of amides is 4. The van der Waals surface area contributed by atoms with Crippen LogP contribution in [0.15, 0.2) is 46.4 Å². The van der Waals surface area contributed by atoms with E-state index in [1.165, 1.54) is 6.08 Å². The summed E-state index contributed by atoms with van der Waals surface area (Å²) in [4.78, 5) is 49.1. The maximum atomic E-state index is 12.9. The minimum atomic E-state index is -1.10. The molecule has 4 amide bonds. The van der Waals surface area contributed by atoms with Crippen LogP contribution in [0.25, 0.3) is 6.08 Å². The number of carboxylic acid groups (broad SMARTS) is 1. The van der Waals surface area contributed by atoms with Gasteiger partial charge in [-0.15, -0.1) is 0 Å². The summed E-state index contributed by atoms with van der Waals surface area (Å²) in [6.45, 7) is -0.488. The van der Waals surface area contributed by atoms with Crippen molar-refractivity contribution in [2.75, 3.05) is 11.5 Å². The van der Waals surface area contributed by atoms with Crippen molar-refractivity contribution in [3.63, 3.8) is 0 Å². The summed E-state index contributed by atoms with van der Waals surface area (Å²) >= 11 is 7.24. The Bertz CT molecular complexity index is 1080. The molecule has 1 aliphatic rings. The molecule has 0 spiro atoms. The van der Waals surface area contributed by atoms with Gasteiger partial charge in [-0.05, 0) is 93.2 Å². The summed E-state index contributed by atoms with van der Waals surface area (Å²) in [7, 11) is 0. The van der Waals surface area contributed by atoms with E-state index in [-0.39, 0.29) is 5.57 Å². The zero-order chi connectivity index (χ0) is 22.0. The van der Waals surface area contributed by atoms with Crippen molar-refractivity contribution in [3.05, 3.63) is 59.1 Å². The molecule has 0 aliphatic carbocycles. The predicted octanol–water partition coefficient (Wildman–Crippen LogP) is 3.79. The number of carboxylic acids is 1. The topological polar surface area (TPSA) is 113 Å². The summed E-state index contributed by atoms with van der Waals surface area (Å²) in [5.74, 6) is -2.25. The highest BCUT2D eigenvalue weighted by molar-refractivity contribution is 14.1. The van der Waals surface area contributed by atoms with Crippen LogP contribution in [-0.2, 0) is 14.4 Å². The molecule has 8 nitrogen and oxygen atoms in total. The molecule has 1 fully saturated rings. The van der Waals surface area contributed by atoms with Gasteiger partial charge >= 0.3 is 12.0 Å². The molecule has 2 aromatic carbocycles. The van der Waals surface area contributed by atoms with Crippen molar-refractivity contribution in [2.45, 2.75) is 0 Å². The number of imide groups is 2. The monoisotopic (exact) mass is 696 g/mol. The van der Waals surface area contributed by atoms with Crippen molar-refractivity contribution < 1.29 is 29.0 Å². The van der Waals surface area contributed by atoms with Gasteiger partial charge in [-0.2, -0.15) is 0 Å². The Morgan fingerprint density at radius 1 is 1.13 bits per heavy atom. The number of aliphatic carboxylic acids is 1. The molecule has 0 radical (unpaired) electrons. The highest BCUT2D eigenvalue weighted by Crippen LogP contribution is 2.30. The molecule has 0 bridgehead atoms. The third-order valence-corrected chi connectivity index (χ3v) is 5.99. The van der Waals surface area contributed by atoms with Gasteiger partial charge in [0.15, 0.2) is 6.61 Å². The molecule has 11 heteroatoms. The standard InChI is InChI=1S/C19H11BrI2N2O6/c20-10-1-3-11(4-2-10)24-18(28)12(17(27)23-19(24)29)5-9-6-13(21)16(14(22)7-9)30-8-15(25)26/h1-7H,8H2,(H,25,26)(H,23,27,29)/b12-5+. The smallest absolute Gasteiger partial charge is 0.341 e. The number of hydrogen-bond acceptors (Lipinski definition) is 5. The van der Waals surface area contributed by atoms with Crippen molar-refractivity contribution >= 4 is 96.7 Å². The summed E-state index contributed by atoms with van der Waals surface area (Å²) in [5.41, 5.74) is 0.638. The first-order chi connectivity index (χ1) is 14.2. The van der Waals surface area contributed by atoms with Gasteiger partial charge in [0.1, 0.15) is 11.3 Å². The van der Waals surface area contributed by atoms with Crippen LogP contribution in [0.5, 0.6) is 5.75 Å². The number of nitrogens with one attached hydrogen (secondary N) is 1. The molecule has 1 heterocycles. The van der Waals surface area contributed by atoms with Crippen LogP contribution in [0.4, 0.5) is 10.5 Å². The van der Waals surface area contributed by atoms with E-state index >= 15 is 0 Å². The molecule has 3 rings (SSSR count). The number of hydrogen-bond donors (Lipinski definition) is 2. The van der Waals surface area contributed by atoms with E-state index in [0.717, 1.165) is 9.37 Å². The van der Waals surface area contributed by atoms with Crippen LogP contribution in [0.1, 0.15) is 5.56 Å². The molecule has 0 atom stereocenters. The summed E-state index contributed by atoms with van der Waals surface area (Å²) in [5, 5.41) is 11.0. The highest BCUT2D eigenvalue weighted by atomic mass is 127. The lowest BCUT2D eigenvalue weighted by Gasteiger charge is -2.26. The minimum absolute atomic E-state index is 0.205. The Labute approximate surface area is 206 Å². The van der Waals surface area contributed by atoms with Crippen molar-refractivity contribution in [1.82, 2.24) is 5.32 Å². The third-order valence-electron chi connectivity index (χ3n) is 3.86. The van der Waals surface area contributed by atoms with Crippen molar-refractivity contribution in [2.24, 2.45) is 0 Å². The predicted molar refractivity (Wildman–Crippen MR) is 128 cm³/mol. The van der Waals surface area contributed by atoms with Crippen molar-refractivity contribution in [1.29, 1.82) is 0 Å². The number of ether oxygens (including phenoxy) is 1. The van der Waals surface area contributed by atoms with Crippen LogP contribution in [0.3, 0.4) is 0 Å². The van der Waals surface area contributed by atoms with Gasteiger partial charge in [0.2, 0.25) is 0 Å². The molecule has 2 N–H and O–H groups in total. The second-order valence-electron chi connectivity index (χ2n) is 5.93. The Balaban J connectivity index is 1.96. The maximum Gasteiger partial charge on any atom is 0.341 e. The zero-order valence-electron chi connectivity index (χ0n) is 14.8. The van der Waals surface area contributed by atoms with Crippen LogP contribution in [0, 0.1) is 7.14 Å². The number of urea groups is 1. The van der Waals surface area contributed by atoms with E-state index in [0.29, 0.717) is 24.1 Å². The Morgan fingerprint density at radius 2 is 1.73 bits per heavy atom. The lowest BCUT2D eigenvalue weighted by atomic mass is 10.1. The first-order valence-electron chi connectivity index (χ1n) is 8.18. The third kappa shape index (κ3) is 5.00. The van der Waals surface area contributed by atoms with Crippen LogP contribution < -0.4 is 15.0 Å². The fourth-order valence-electron chi connectivity index (χ4n) is 2.58. The van der Waals surface area contributed by atoms with Gasteiger partial charge in [-0.1, -0.05) is 15.9 Å². The Morgan fingerprint density at radius 3 is 2.30 bits per heavy atom. The molecule has 30 heavy (non-hydrogen) atoms. The van der Waals surface area contributed by atoms with E-state index in [2.05, 4.69) is 21.2 Å². The normalized spacial score (nSPS) is 15.4. The van der Waals surface area contributed by atoms with E-state index in [4.69, 9.17) is 9.84 Å². The number of rotatable bonds is 5. The number of halogens is 3. The first kappa shape index (κ1) is 22.7. The number of nitrogens with zero attached hydrogens (tertiary/aromatic N) is 1. The molecular formula is C19H11BrI2N2O6. The lowest BCUT2D eigenvalue weighted by Crippen LogP contribution is -2.54. The number of carbonyl (C=O) groups is 4. The van der Waals surface area contributed by atoms with Gasteiger partial charge in [-0.3, -0.25) is 14.9 Å². The summed E-state index contributed by atoms with van der Waals surface area (Å²) in [6.07, 6.45) is 1.38. The van der Waals surface area contributed by atoms with E-state index in [1.54, 1.807) is 36.4 Å². The SMILES string of the molecule is O=C(O)COc1c(I)cc(/C=C2\C(=O)NC(=O)N(c3ccc(Br)cc3)C2=O)cc1I. The maximum absolute atomic E-state index is 12.9. The number of anilines is 1. The molecule has 0 aromatic heterocycles. The fourth-order valence-corrected chi connectivity index (χ4v) is 4.98. The molecule has 2 aromatic rings. The number of barbiturate groups is 1. The fraction of sp³-hybridized carbons (Fsp3) is 0.0526.